The minimum atomic E-state index is -2.32. The molecule has 1 aliphatic rings. The first-order chi connectivity index (χ1) is 16.8. The average Bonchev–Trinajstić information content (AvgIpc) is 2.76. The number of primary amides is 1. The van der Waals surface area contributed by atoms with E-state index in [0.717, 1.165) is 17.0 Å². The summed E-state index contributed by atoms with van der Waals surface area (Å²) in [5.74, 6) is -4.33. The van der Waals surface area contributed by atoms with Gasteiger partial charge in [0.2, 0.25) is 0 Å². The van der Waals surface area contributed by atoms with Crippen LogP contribution in [-0.4, -0.2) is 49.6 Å². The zero-order valence-electron chi connectivity index (χ0n) is 20.9. The molecule has 0 bridgehead atoms. The molecule has 0 spiro atoms. The number of methoxy groups -OCH3 is 1. The van der Waals surface area contributed by atoms with Crippen molar-refractivity contribution in [1.29, 1.82) is 0 Å². The van der Waals surface area contributed by atoms with Gasteiger partial charge in [0.25, 0.3) is 5.91 Å². The number of aliphatic carboxylic acids is 1. The molecule has 36 heavy (non-hydrogen) atoms. The van der Waals surface area contributed by atoms with Gasteiger partial charge in [0.15, 0.2) is 0 Å². The zero-order chi connectivity index (χ0) is 26.9. The van der Waals surface area contributed by atoms with Gasteiger partial charge in [-0.2, -0.15) is 0 Å². The number of hydrogen-bond donors (Lipinski definition) is 3. The van der Waals surface area contributed by atoms with Gasteiger partial charge < -0.3 is 25.8 Å². The maximum absolute atomic E-state index is 14.8. The molecule has 0 saturated carbocycles. The summed E-state index contributed by atoms with van der Waals surface area (Å²) in [6.45, 7) is 7.01. The summed E-state index contributed by atoms with van der Waals surface area (Å²) in [7, 11) is -0.864. The summed E-state index contributed by atoms with van der Waals surface area (Å²) in [6.07, 6.45) is 0.280. The molecule has 8 nitrogen and oxygen atoms in total. The van der Waals surface area contributed by atoms with Crippen LogP contribution in [0.2, 0.25) is 19.6 Å². The number of nitrogens with zero attached hydrogens (tertiary/aromatic N) is 1. The van der Waals surface area contributed by atoms with E-state index in [4.69, 9.17) is 10.5 Å². The number of nitrogens with two attached hydrogens (primary N) is 1. The lowest BCUT2D eigenvalue weighted by atomic mass is 9.77. The molecule has 0 fully saturated rings. The number of carbonyl (C=O) groups is 3. The van der Waals surface area contributed by atoms with E-state index in [-0.39, 0.29) is 23.8 Å². The fourth-order valence-corrected chi connectivity index (χ4v) is 6.46. The molecule has 3 amide bonds. The molecule has 2 aromatic rings. The SMILES string of the molecule is CCC(C(=O)O)C1CN(C(N)=O)[C@@H](C(=O)Nc2cc(F)c([Si](C)(C)C)c(F)c2)c2ccc(OC)cc21. The van der Waals surface area contributed by atoms with Crippen molar-refractivity contribution in [2.75, 3.05) is 19.0 Å². The van der Waals surface area contributed by atoms with E-state index in [2.05, 4.69) is 5.32 Å². The lowest BCUT2D eigenvalue weighted by molar-refractivity contribution is -0.143. The average molecular weight is 520 g/mol. The Bertz CT molecular complexity index is 1180. The number of benzene rings is 2. The van der Waals surface area contributed by atoms with E-state index < -0.39 is 55.5 Å². The van der Waals surface area contributed by atoms with E-state index in [1.807, 2.05) is 19.6 Å². The third-order valence-corrected chi connectivity index (χ3v) is 8.50. The first-order valence-corrected chi connectivity index (χ1v) is 15.1. The Morgan fingerprint density at radius 2 is 1.78 bits per heavy atom. The molecular weight excluding hydrogens is 488 g/mol. The summed E-state index contributed by atoms with van der Waals surface area (Å²) < 4.78 is 34.8. The normalized spacial score (nSPS) is 18.2. The van der Waals surface area contributed by atoms with Crippen LogP contribution < -0.4 is 21.0 Å². The van der Waals surface area contributed by atoms with Gasteiger partial charge in [-0.3, -0.25) is 9.59 Å². The van der Waals surface area contributed by atoms with Gasteiger partial charge in [0, 0.05) is 23.3 Å². The van der Waals surface area contributed by atoms with Crippen molar-refractivity contribution in [3.63, 3.8) is 0 Å². The number of carboxylic acids is 1. The Morgan fingerprint density at radius 3 is 2.25 bits per heavy atom. The summed E-state index contributed by atoms with van der Waals surface area (Å²) in [5, 5.41) is 12.3. The molecule has 2 unspecified atom stereocenters. The van der Waals surface area contributed by atoms with Gasteiger partial charge in [-0.25, -0.2) is 13.6 Å². The zero-order valence-corrected chi connectivity index (χ0v) is 21.9. The Morgan fingerprint density at radius 1 is 1.17 bits per heavy atom. The largest absolute Gasteiger partial charge is 0.497 e. The topological polar surface area (TPSA) is 122 Å². The highest BCUT2D eigenvalue weighted by Gasteiger charge is 2.43. The highest BCUT2D eigenvalue weighted by molar-refractivity contribution is 6.88. The van der Waals surface area contributed by atoms with E-state index in [9.17, 15) is 28.3 Å². The van der Waals surface area contributed by atoms with E-state index in [1.165, 1.54) is 7.11 Å². The molecule has 2 aromatic carbocycles. The number of halogens is 2. The number of hydrogen-bond acceptors (Lipinski definition) is 4. The molecule has 0 aliphatic carbocycles. The molecule has 0 saturated heterocycles. The summed E-state index contributed by atoms with van der Waals surface area (Å²) in [4.78, 5) is 38.9. The van der Waals surface area contributed by atoms with Crippen LogP contribution in [0, 0.1) is 17.6 Å². The third kappa shape index (κ3) is 5.20. The van der Waals surface area contributed by atoms with Crippen molar-refractivity contribution < 1.29 is 33.0 Å². The number of nitrogens with one attached hydrogen (secondary N) is 1. The highest BCUT2D eigenvalue weighted by Crippen LogP contribution is 2.42. The van der Waals surface area contributed by atoms with E-state index >= 15 is 0 Å². The summed E-state index contributed by atoms with van der Waals surface area (Å²) >= 11 is 0. The first-order valence-electron chi connectivity index (χ1n) is 11.6. The number of ether oxygens (including phenoxy) is 1. The lowest BCUT2D eigenvalue weighted by Crippen LogP contribution is -2.50. The molecule has 0 aromatic heterocycles. The van der Waals surface area contributed by atoms with Crippen molar-refractivity contribution in [2.45, 2.75) is 44.9 Å². The first kappa shape index (κ1) is 27.1. The molecule has 194 valence electrons. The van der Waals surface area contributed by atoms with Crippen LogP contribution in [0.15, 0.2) is 30.3 Å². The van der Waals surface area contributed by atoms with Crippen LogP contribution >= 0.6 is 0 Å². The van der Waals surface area contributed by atoms with Gasteiger partial charge in [-0.1, -0.05) is 32.6 Å². The second-order valence-electron chi connectivity index (χ2n) is 9.90. The Balaban J connectivity index is 2.08. The van der Waals surface area contributed by atoms with E-state index in [1.54, 1.807) is 25.1 Å². The summed E-state index contributed by atoms with van der Waals surface area (Å²) in [6, 6.07) is 4.76. The van der Waals surface area contributed by atoms with Gasteiger partial charge in [-0.15, -0.1) is 0 Å². The molecule has 4 N–H and O–H groups in total. The number of anilines is 1. The quantitative estimate of drug-likeness (QED) is 0.481. The van der Waals surface area contributed by atoms with Crippen LogP contribution in [0.5, 0.6) is 5.75 Å². The minimum absolute atomic E-state index is 0.0245. The van der Waals surface area contributed by atoms with Gasteiger partial charge in [-0.05, 0) is 41.8 Å². The van der Waals surface area contributed by atoms with Crippen LogP contribution in [0.1, 0.15) is 36.4 Å². The van der Waals surface area contributed by atoms with Crippen LogP contribution in [0.4, 0.5) is 19.3 Å². The monoisotopic (exact) mass is 519 g/mol. The number of urea groups is 1. The smallest absolute Gasteiger partial charge is 0.315 e. The van der Waals surface area contributed by atoms with Crippen molar-refractivity contribution in [3.8, 4) is 5.75 Å². The number of rotatable bonds is 7. The second kappa shape index (κ2) is 10.3. The van der Waals surface area contributed by atoms with Gasteiger partial charge in [0.05, 0.1) is 21.1 Å². The number of amides is 3. The van der Waals surface area contributed by atoms with Crippen molar-refractivity contribution in [3.05, 3.63) is 53.1 Å². The lowest BCUT2D eigenvalue weighted by Gasteiger charge is -2.41. The fraction of sp³-hybridized carbons (Fsp3) is 0.400. The number of carboxylic acid groups (broad SMARTS) is 1. The predicted molar refractivity (Wildman–Crippen MR) is 134 cm³/mol. The van der Waals surface area contributed by atoms with Gasteiger partial charge in [0.1, 0.15) is 23.4 Å². The van der Waals surface area contributed by atoms with Crippen molar-refractivity contribution in [2.24, 2.45) is 11.7 Å². The summed E-state index contributed by atoms with van der Waals surface area (Å²) in [5.41, 5.74) is 6.41. The molecule has 1 heterocycles. The maximum Gasteiger partial charge on any atom is 0.315 e. The Kier molecular flexibility index (Phi) is 7.72. The fourth-order valence-electron chi connectivity index (χ4n) is 4.88. The standard InChI is InChI=1S/C25H31F2N3O5Si/c1-6-15(24(32)33)18-12-30(25(28)34)21(16-8-7-14(35-2)11-17(16)18)23(31)29-13-9-19(26)22(20(27)10-13)36(3,4)5/h7-11,15,18,21H,6,12H2,1-5H3,(H2,28,34)(H,29,31)(H,32,33)/t15?,18?,21-/m1/s1. The molecular formula is C25H31F2N3O5Si. The number of fused-ring (bicyclic) bond motifs is 1. The predicted octanol–water partition coefficient (Wildman–Crippen LogP) is 3.79. The van der Waals surface area contributed by atoms with Gasteiger partial charge >= 0.3 is 12.0 Å². The van der Waals surface area contributed by atoms with Crippen LogP contribution in [0.25, 0.3) is 0 Å². The van der Waals surface area contributed by atoms with Crippen molar-refractivity contribution in [1.82, 2.24) is 4.90 Å². The molecule has 3 rings (SSSR count). The van der Waals surface area contributed by atoms with Crippen molar-refractivity contribution >= 4 is 36.9 Å². The van der Waals surface area contributed by atoms with E-state index in [0.29, 0.717) is 16.9 Å². The number of carbonyl (C=O) groups excluding carboxylic acids is 2. The molecule has 11 heteroatoms. The second-order valence-corrected chi connectivity index (χ2v) is 14.9. The van der Waals surface area contributed by atoms with Crippen LogP contribution in [0.3, 0.4) is 0 Å². The molecule has 3 atom stereocenters. The van der Waals surface area contributed by atoms with Crippen LogP contribution in [-0.2, 0) is 9.59 Å². The Labute approximate surface area is 209 Å². The Hall–Kier alpha value is -3.47. The minimum Gasteiger partial charge on any atom is -0.497 e. The molecule has 1 aliphatic heterocycles. The third-order valence-electron chi connectivity index (χ3n) is 6.53. The highest BCUT2D eigenvalue weighted by atomic mass is 28.3. The maximum atomic E-state index is 14.8. The molecule has 0 radical (unpaired) electrons.